The average Bonchev–Trinajstić information content (AvgIpc) is 3.35. The van der Waals surface area contributed by atoms with E-state index < -0.39 is 0 Å². The van der Waals surface area contributed by atoms with E-state index in [4.69, 9.17) is 16.0 Å². The van der Waals surface area contributed by atoms with Gasteiger partial charge in [0, 0.05) is 57.2 Å². The number of nitrogens with zero attached hydrogens (tertiary/aromatic N) is 6. The summed E-state index contributed by atoms with van der Waals surface area (Å²) >= 11 is 0. The van der Waals surface area contributed by atoms with E-state index in [1.54, 1.807) is 12.1 Å². The highest BCUT2D eigenvalue weighted by Gasteiger charge is 2.25. The number of pyridine rings is 1. The number of ether oxygens (including phenoxy) is 2. The van der Waals surface area contributed by atoms with Crippen molar-refractivity contribution in [2.45, 2.75) is 53.6 Å². The van der Waals surface area contributed by atoms with Crippen LogP contribution in [0.1, 0.15) is 58.5 Å². The van der Waals surface area contributed by atoms with Crippen molar-refractivity contribution < 1.29 is 14.3 Å². The van der Waals surface area contributed by atoms with Gasteiger partial charge in [0.2, 0.25) is 11.6 Å². The molecular formula is C35H40N6O3. The molecule has 2 aromatic heterocycles. The van der Waals surface area contributed by atoms with Gasteiger partial charge in [0.25, 0.3) is 5.91 Å². The molecule has 9 nitrogen and oxygen atoms in total. The van der Waals surface area contributed by atoms with Crippen LogP contribution in [0.25, 0.3) is 4.85 Å². The van der Waals surface area contributed by atoms with Crippen molar-refractivity contribution in [2.75, 3.05) is 32.8 Å². The zero-order valence-electron chi connectivity index (χ0n) is 26.0. The molecule has 0 bridgehead atoms. The maximum absolute atomic E-state index is 13.5. The van der Waals surface area contributed by atoms with E-state index in [1.165, 1.54) is 0 Å². The molecule has 228 valence electrons. The van der Waals surface area contributed by atoms with Crippen LogP contribution in [0.15, 0.2) is 60.8 Å². The van der Waals surface area contributed by atoms with E-state index >= 15 is 0 Å². The monoisotopic (exact) mass is 592 g/mol. The van der Waals surface area contributed by atoms with E-state index in [2.05, 4.69) is 31.2 Å². The second kappa shape index (κ2) is 14.2. The van der Waals surface area contributed by atoms with Crippen LogP contribution in [0, 0.1) is 27.3 Å². The highest BCUT2D eigenvalue weighted by molar-refractivity contribution is 5.97. The Morgan fingerprint density at radius 1 is 0.977 bits per heavy atom. The predicted octanol–water partition coefficient (Wildman–Crippen LogP) is 6.73. The van der Waals surface area contributed by atoms with Crippen LogP contribution in [-0.2, 0) is 13.1 Å². The number of aromatic nitrogens is 3. The van der Waals surface area contributed by atoms with Crippen molar-refractivity contribution in [2.24, 2.45) is 0 Å². The van der Waals surface area contributed by atoms with E-state index in [1.807, 2.05) is 74.3 Å². The van der Waals surface area contributed by atoms with E-state index in [-0.39, 0.29) is 5.91 Å². The summed E-state index contributed by atoms with van der Waals surface area (Å²) in [7, 11) is 0. The van der Waals surface area contributed by atoms with E-state index in [9.17, 15) is 4.79 Å². The SMILES string of the molecule is [C-]#[N+]c1ccc(Cn2c(CN3CCN(C(=O)c4ccc(C)cc4OCCCC)CC3)cnc2C)cc1Oc1cccc(C)n1. The van der Waals surface area contributed by atoms with Crippen LogP contribution < -0.4 is 9.47 Å². The molecule has 1 amide bonds. The van der Waals surface area contributed by atoms with Gasteiger partial charge < -0.3 is 18.9 Å². The molecule has 2 aromatic carbocycles. The fourth-order valence-corrected chi connectivity index (χ4v) is 5.32. The number of hydrogen-bond donors (Lipinski definition) is 0. The third-order valence-electron chi connectivity index (χ3n) is 7.87. The Morgan fingerprint density at radius 3 is 2.55 bits per heavy atom. The molecule has 0 saturated carbocycles. The number of benzene rings is 2. The lowest BCUT2D eigenvalue weighted by Gasteiger charge is -2.35. The zero-order valence-corrected chi connectivity index (χ0v) is 26.0. The highest BCUT2D eigenvalue weighted by Crippen LogP contribution is 2.33. The maximum atomic E-state index is 13.5. The molecule has 1 aliphatic rings. The standard InChI is InChI=1S/C35H40N6O3/c1-6-7-19-43-32-20-25(2)11-13-30(32)35(42)40-17-15-39(16-18-40)24-29-22-37-27(4)41(29)23-28-12-14-31(36-5)33(21-28)44-34-10-8-9-26(3)38-34/h8-14,20-22H,6-7,15-19,23-24H2,1-4H3. The number of imidazole rings is 1. The van der Waals surface area contributed by atoms with Crippen LogP contribution in [-0.4, -0.2) is 63.0 Å². The van der Waals surface area contributed by atoms with Crippen LogP contribution >= 0.6 is 0 Å². The Balaban J connectivity index is 1.23. The summed E-state index contributed by atoms with van der Waals surface area (Å²) < 4.78 is 14.2. The van der Waals surface area contributed by atoms with Gasteiger partial charge in [-0.3, -0.25) is 9.69 Å². The molecule has 1 aliphatic heterocycles. The summed E-state index contributed by atoms with van der Waals surface area (Å²) in [6, 6.07) is 17.1. The third-order valence-corrected chi connectivity index (χ3v) is 7.87. The average molecular weight is 593 g/mol. The Labute approximate surface area is 259 Å². The number of rotatable bonds is 11. The molecule has 5 rings (SSSR count). The van der Waals surface area contributed by atoms with Crippen molar-refractivity contribution in [3.8, 4) is 17.4 Å². The number of hydrogen-bond acceptors (Lipinski definition) is 6. The van der Waals surface area contributed by atoms with Gasteiger partial charge in [-0.25, -0.2) is 14.8 Å². The lowest BCUT2D eigenvalue weighted by molar-refractivity contribution is 0.0621. The maximum Gasteiger partial charge on any atom is 0.257 e. The lowest BCUT2D eigenvalue weighted by atomic mass is 10.1. The molecule has 0 aliphatic carbocycles. The van der Waals surface area contributed by atoms with E-state index in [0.717, 1.165) is 60.8 Å². The number of carbonyl (C=O) groups is 1. The molecule has 9 heteroatoms. The first-order chi connectivity index (χ1) is 21.3. The smallest absolute Gasteiger partial charge is 0.257 e. The fraction of sp³-hybridized carbons (Fsp3) is 0.371. The fourth-order valence-electron chi connectivity index (χ4n) is 5.32. The number of carbonyl (C=O) groups excluding carboxylic acids is 1. The normalized spacial score (nSPS) is 13.5. The summed E-state index contributed by atoms with van der Waals surface area (Å²) in [5.74, 6) is 2.58. The molecule has 0 unspecified atom stereocenters. The van der Waals surface area contributed by atoms with Crippen molar-refractivity contribution >= 4 is 11.6 Å². The van der Waals surface area contributed by atoms with Gasteiger partial charge in [-0.1, -0.05) is 37.6 Å². The summed E-state index contributed by atoms with van der Waals surface area (Å²) in [4.78, 5) is 30.4. The summed E-state index contributed by atoms with van der Waals surface area (Å²) in [5, 5.41) is 0. The van der Waals surface area contributed by atoms with Gasteiger partial charge in [-0.05, 0) is 62.6 Å². The van der Waals surface area contributed by atoms with Gasteiger partial charge in [0.1, 0.15) is 17.3 Å². The third kappa shape index (κ3) is 7.44. The molecule has 0 radical (unpaired) electrons. The number of aryl methyl sites for hydroxylation is 3. The van der Waals surface area contributed by atoms with Gasteiger partial charge in [0.05, 0.1) is 24.4 Å². The molecular weight excluding hydrogens is 552 g/mol. The minimum atomic E-state index is 0.0266. The van der Waals surface area contributed by atoms with Gasteiger partial charge in [0.15, 0.2) is 0 Å². The van der Waals surface area contributed by atoms with Crippen molar-refractivity contribution in [1.29, 1.82) is 0 Å². The van der Waals surface area contributed by atoms with Gasteiger partial charge in [-0.15, -0.1) is 0 Å². The first-order valence-corrected chi connectivity index (χ1v) is 15.2. The minimum absolute atomic E-state index is 0.0266. The lowest BCUT2D eigenvalue weighted by Crippen LogP contribution is -2.48. The highest BCUT2D eigenvalue weighted by atomic mass is 16.5. The van der Waals surface area contributed by atoms with Crippen LogP contribution in [0.4, 0.5) is 5.69 Å². The molecule has 0 atom stereocenters. The molecule has 0 N–H and O–H groups in total. The Morgan fingerprint density at radius 2 is 1.80 bits per heavy atom. The molecule has 44 heavy (non-hydrogen) atoms. The molecule has 1 saturated heterocycles. The molecule has 3 heterocycles. The largest absolute Gasteiger partial charge is 0.493 e. The molecule has 1 fully saturated rings. The van der Waals surface area contributed by atoms with Gasteiger partial charge >= 0.3 is 0 Å². The van der Waals surface area contributed by atoms with Gasteiger partial charge in [-0.2, -0.15) is 0 Å². The van der Waals surface area contributed by atoms with Crippen LogP contribution in [0.3, 0.4) is 0 Å². The molecule has 0 spiro atoms. The second-order valence-corrected chi connectivity index (χ2v) is 11.3. The number of amides is 1. The Bertz CT molecular complexity index is 1650. The second-order valence-electron chi connectivity index (χ2n) is 11.3. The number of piperazine rings is 1. The van der Waals surface area contributed by atoms with Crippen molar-refractivity contribution in [3.05, 3.63) is 106 Å². The summed E-state index contributed by atoms with van der Waals surface area (Å²) in [6.45, 7) is 20.4. The Hall–Kier alpha value is -4.68. The quantitative estimate of drug-likeness (QED) is 0.142. The van der Waals surface area contributed by atoms with Crippen LogP contribution in [0.2, 0.25) is 0 Å². The first-order valence-electron chi connectivity index (χ1n) is 15.2. The zero-order chi connectivity index (χ0) is 31.1. The first kappa shape index (κ1) is 30.8. The minimum Gasteiger partial charge on any atom is -0.493 e. The van der Waals surface area contributed by atoms with E-state index in [0.29, 0.717) is 54.9 Å². The van der Waals surface area contributed by atoms with Crippen LogP contribution in [0.5, 0.6) is 17.4 Å². The Kier molecular flexibility index (Phi) is 9.93. The van der Waals surface area contributed by atoms with Crippen molar-refractivity contribution in [1.82, 2.24) is 24.3 Å². The predicted molar refractivity (Wildman–Crippen MR) is 171 cm³/mol. The molecule has 4 aromatic rings. The topological polar surface area (TPSA) is 77.1 Å². The summed E-state index contributed by atoms with van der Waals surface area (Å²) in [5.41, 5.74) is 5.12. The van der Waals surface area contributed by atoms with Crippen molar-refractivity contribution in [3.63, 3.8) is 0 Å². The summed E-state index contributed by atoms with van der Waals surface area (Å²) in [6.07, 6.45) is 3.94. The number of unbranched alkanes of at least 4 members (excludes halogenated alkanes) is 1.